The van der Waals surface area contributed by atoms with Gasteiger partial charge >= 0.3 is 0 Å². The number of nitrogens with zero attached hydrogens (tertiary/aromatic N) is 1. The number of carbonyl (C=O) groups is 1. The average molecular weight is 399 g/mol. The third-order valence-electron chi connectivity index (χ3n) is 4.13. The second-order valence-electron chi connectivity index (χ2n) is 6.00. The van der Waals surface area contributed by atoms with Crippen molar-refractivity contribution in [2.75, 3.05) is 18.5 Å². The van der Waals surface area contributed by atoms with Crippen LogP contribution in [0.25, 0.3) is 0 Å². The number of halogens is 3. The number of nitrogens with one attached hydrogen (secondary N) is 2. The van der Waals surface area contributed by atoms with Gasteiger partial charge in [-0.2, -0.15) is 0 Å². The molecule has 1 aliphatic heterocycles. The molecule has 25 heavy (non-hydrogen) atoms. The van der Waals surface area contributed by atoms with Crippen LogP contribution >= 0.6 is 34.8 Å². The summed E-state index contributed by atoms with van der Waals surface area (Å²) >= 11 is 18.0. The zero-order valence-electron chi connectivity index (χ0n) is 13.5. The molecule has 7 heteroatoms. The summed E-state index contributed by atoms with van der Waals surface area (Å²) in [5, 5.41) is 1.10. The van der Waals surface area contributed by atoms with Crippen molar-refractivity contribution in [1.29, 1.82) is 0 Å². The van der Waals surface area contributed by atoms with Gasteiger partial charge in [0.25, 0.3) is 5.91 Å². The van der Waals surface area contributed by atoms with Crippen LogP contribution in [0.3, 0.4) is 0 Å². The van der Waals surface area contributed by atoms with Gasteiger partial charge in [-0.15, -0.1) is 0 Å². The van der Waals surface area contributed by atoms with Crippen molar-refractivity contribution < 1.29 is 4.79 Å². The second kappa shape index (κ2) is 8.28. The van der Waals surface area contributed by atoms with E-state index in [9.17, 15) is 4.79 Å². The number of likely N-dealkylation sites (tertiary alicyclic amines) is 1. The van der Waals surface area contributed by atoms with Crippen LogP contribution in [0.5, 0.6) is 0 Å². The van der Waals surface area contributed by atoms with Gasteiger partial charge in [-0.3, -0.25) is 20.5 Å². The molecule has 0 radical (unpaired) electrons. The van der Waals surface area contributed by atoms with Crippen LogP contribution < -0.4 is 10.9 Å². The lowest BCUT2D eigenvalue weighted by Gasteiger charge is -2.15. The highest BCUT2D eigenvalue weighted by atomic mass is 35.5. The number of hydrogen-bond acceptors (Lipinski definition) is 3. The molecule has 0 unspecified atom stereocenters. The Labute approximate surface area is 162 Å². The minimum atomic E-state index is -0.269. The fourth-order valence-electron chi connectivity index (χ4n) is 2.81. The summed E-state index contributed by atoms with van der Waals surface area (Å²) in [5.41, 5.74) is 7.51. The monoisotopic (exact) mass is 397 g/mol. The highest BCUT2D eigenvalue weighted by molar-refractivity contribution is 6.41. The molecule has 0 atom stereocenters. The van der Waals surface area contributed by atoms with E-state index in [1.165, 1.54) is 18.4 Å². The summed E-state index contributed by atoms with van der Waals surface area (Å²) in [4.78, 5) is 14.7. The Balaban J connectivity index is 1.59. The van der Waals surface area contributed by atoms with Gasteiger partial charge in [0.15, 0.2) is 0 Å². The van der Waals surface area contributed by atoms with E-state index in [0.29, 0.717) is 26.3 Å². The molecule has 1 fully saturated rings. The molecule has 1 heterocycles. The quantitative estimate of drug-likeness (QED) is 0.697. The minimum absolute atomic E-state index is 0.269. The SMILES string of the molecule is O=C(NNc1c(Cl)cc(Cl)cc1Cl)c1ccc(CN2CCCC2)cc1. The van der Waals surface area contributed by atoms with E-state index < -0.39 is 0 Å². The van der Waals surface area contributed by atoms with Gasteiger partial charge in [0.1, 0.15) is 0 Å². The summed E-state index contributed by atoms with van der Waals surface area (Å²) in [6.07, 6.45) is 2.53. The van der Waals surface area contributed by atoms with Gasteiger partial charge < -0.3 is 0 Å². The molecular weight excluding hydrogens is 381 g/mol. The standard InChI is InChI=1S/C18H18Cl3N3O/c19-14-9-15(20)17(16(21)10-14)22-23-18(25)13-5-3-12(4-6-13)11-24-7-1-2-8-24/h3-6,9-10,22H,1-2,7-8,11H2,(H,23,25). The van der Waals surface area contributed by atoms with Crippen LogP contribution in [0.2, 0.25) is 15.1 Å². The van der Waals surface area contributed by atoms with E-state index >= 15 is 0 Å². The predicted molar refractivity (Wildman–Crippen MR) is 104 cm³/mol. The fraction of sp³-hybridized carbons (Fsp3) is 0.278. The van der Waals surface area contributed by atoms with Crippen LogP contribution in [0.1, 0.15) is 28.8 Å². The molecule has 1 amide bonds. The van der Waals surface area contributed by atoms with Gasteiger partial charge in [0, 0.05) is 17.1 Å². The summed E-state index contributed by atoms with van der Waals surface area (Å²) < 4.78 is 0. The Hall–Kier alpha value is -1.46. The van der Waals surface area contributed by atoms with E-state index in [0.717, 1.165) is 19.6 Å². The number of hydrazine groups is 1. The zero-order valence-corrected chi connectivity index (χ0v) is 15.8. The highest BCUT2D eigenvalue weighted by Crippen LogP contribution is 2.33. The Morgan fingerprint density at radius 3 is 2.20 bits per heavy atom. The van der Waals surface area contributed by atoms with Crippen molar-refractivity contribution in [2.45, 2.75) is 19.4 Å². The minimum Gasteiger partial charge on any atom is -0.299 e. The first kappa shape index (κ1) is 18.3. The number of amides is 1. The normalized spacial score (nSPS) is 14.5. The van der Waals surface area contributed by atoms with Gasteiger partial charge in [-0.05, 0) is 55.8 Å². The molecule has 1 aliphatic rings. The zero-order chi connectivity index (χ0) is 17.8. The smallest absolute Gasteiger partial charge is 0.269 e. The topological polar surface area (TPSA) is 44.4 Å². The van der Waals surface area contributed by atoms with Crippen molar-refractivity contribution in [1.82, 2.24) is 10.3 Å². The predicted octanol–water partition coefficient (Wildman–Crippen LogP) is 5.00. The van der Waals surface area contributed by atoms with Gasteiger partial charge in [-0.25, -0.2) is 0 Å². The molecule has 2 aromatic carbocycles. The molecule has 0 spiro atoms. The molecule has 0 saturated carbocycles. The molecule has 0 aliphatic carbocycles. The summed E-state index contributed by atoms with van der Waals surface area (Å²) in [6, 6.07) is 10.7. The van der Waals surface area contributed by atoms with Crippen molar-refractivity contribution >= 4 is 46.4 Å². The maximum atomic E-state index is 12.3. The Bertz CT molecular complexity index is 736. The van der Waals surface area contributed by atoms with Crippen molar-refractivity contribution in [3.8, 4) is 0 Å². The lowest BCUT2D eigenvalue weighted by Crippen LogP contribution is -2.29. The van der Waals surface area contributed by atoms with E-state index in [1.807, 2.05) is 24.3 Å². The molecule has 4 nitrogen and oxygen atoms in total. The Kier molecular flexibility index (Phi) is 6.07. The third kappa shape index (κ3) is 4.79. The first-order valence-corrected chi connectivity index (χ1v) is 9.18. The largest absolute Gasteiger partial charge is 0.299 e. The third-order valence-corrected chi connectivity index (χ3v) is 4.94. The average Bonchev–Trinajstić information content (AvgIpc) is 3.07. The molecular formula is C18H18Cl3N3O. The van der Waals surface area contributed by atoms with Gasteiger partial charge in [0.2, 0.25) is 0 Å². The van der Waals surface area contributed by atoms with Crippen LogP contribution in [-0.4, -0.2) is 23.9 Å². The van der Waals surface area contributed by atoms with Gasteiger partial charge in [-0.1, -0.05) is 46.9 Å². The number of hydrogen-bond donors (Lipinski definition) is 2. The van der Waals surface area contributed by atoms with Crippen LogP contribution in [0.4, 0.5) is 5.69 Å². The maximum Gasteiger partial charge on any atom is 0.269 e. The van der Waals surface area contributed by atoms with E-state index in [4.69, 9.17) is 34.8 Å². The first-order chi connectivity index (χ1) is 12.0. The maximum absolute atomic E-state index is 12.3. The van der Waals surface area contributed by atoms with Crippen LogP contribution in [-0.2, 0) is 6.54 Å². The molecule has 0 aromatic heterocycles. The molecule has 1 saturated heterocycles. The number of carbonyl (C=O) groups excluding carboxylic acids is 1. The molecule has 3 rings (SSSR count). The van der Waals surface area contributed by atoms with Crippen molar-refractivity contribution in [3.05, 3.63) is 62.6 Å². The number of rotatable bonds is 5. The summed E-state index contributed by atoms with van der Waals surface area (Å²) in [7, 11) is 0. The summed E-state index contributed by atoms with van der Waals surface area (Å²) in [6.45, 7) is 3.22. The Morgan fingerprint density at radius 2 is 1.60 bits per heavy atom. The van der Waals surface area contributed by atoms with E-state index in [2.05, 4.69) is 15.8 Å². The van der Waals surface area contributed by atoms with E-state index in [-0.39, 0.29) is 5.91 Å². The van der Waals surface area contributed by atoms with Crippen molar-refractivity contribution in [2.24, 2.45) is 0 Å². The second-order valence-corrected chi connectivity index (χ2v) is 7.25. The lowest BCUT2D eigenvalue weighted by molar-refractivity contribution is 0.0962. The number of anilines is 1. The fourth-order valence-corrected chi connectivity index (χ4v) is 3.72. The Morgan fingerprint density at radius 1 is 1.00 bits per heavy atom. The summed E-state index contributed by atoms with van der Waals surface area (Å²) in [5.74, 6) is -0.269. The highest BCUT2D eigenvalue weighted by Gasteiger charge is 2.13. The van der Waals surface area contributed by atoms with Crippen LogP contribution in [0, 0.1) is 0 Å². The van der Waals surface area contributed by atoms with Crippen molar-refractivity contribution in [3.63, 3.8) is 0 Å². The molecule has 2 aromatic rings. The molecule has 132 valence electrons. The lowest BCUT2D eigenvalue weighted by atomic mass is 10.1. The van der Waals surface area contributed by atoms with E-state index in [1.54, 1.807) is 12.1 Å². The van der Waals surface area contributed by atoms with Gasteiger partial charge in [0.05, 0.1) is 15.7 Å². The van der Waals surface area contributed by atoms with Crippen LogP contribution in [0.15, 0.2) is 36.4 Å². The molecule has 2 N–H and O–H groups in total. The first-order valence-electron chi connectivity index (χ1n) is 8.05. The molecule has 0 bridgehead atoms. The number of benzene rings is 2.